The number of para-hydroxylation sites is 1. The number of anilines is 1. The Kier molecular flexibility index (Phi) is 5.15. The van der Waals surface area contributed by atoms with E-state index in [0.717, 1.165) is 5.56 Å². The van der Waals surface area contributed by atoms with Gasteiger partial charge in [-0.05, 0) is 49.7 Å². The van der Waals surface area contributed by atoms with Crippen molar-refractivity contribution >= 4 is 22.4 Å². The summed E-state index contributed by atoms with van der Waals surface area (Å²) in [6, 6.07) is 15.2. The van der Waals surface area contributed by atoms with Crippen molar-refractivity contribution in [2.75, 3.05) is 5.32 Å². The van der Waals surface area contributed by atoms with Crippen LogP contribution >= 0.6 is 0 Å². The van der Waals surface area contributed by atoms with Crippen LogP contribution in [0.1, 0.15) is 24.4 Å². The number of nitrogens with zero attached hydrogens (tertiary/aromatic N) is 5. The van der Waals surface area contributed by atoms with Crippen LogP contribution < -0.4 is 10.9 Å². The van der Waals surface area contributed by atoms with Gasteiger partial charge in [-0.3, -0.25) is 9.36 Å². The fourth-order valence-corrected chi connectivity index (χ4v) is 4.64. The molecule has 6 aromatic rings. The molecule has 4 heterocycles. The topological polar surface area (TPSA) is 133 Å². The Morgan fingerprint density at radius 1 is 1.03 bits per heavy atom. The smallest absolute Gasteiger partial charge is 0.282 e. The second kappa shape index (κ2) is 8.52. The fraction of sp³-hybridized carbons (Fsp3) is 0.111. The van der Waals surface area contributed by atoms with E-state index in [2.05, 4.69) is 20.3 Å². The average molecular weight is 494 g/mol. The van der Waals surface area contributed by atoms with Crippen molar-refractivity contribution in [3.05, 3.63) is 95.1 Å². The third-order valence-corrected chi connectivity index (χ3v) is 6.41. The molecule has 0 amide bonds. The summed E-state index contributed by atoms with van der Waals surface area (Å²) in [7, 11) is 0. The van der Waals surface area contributed by atoms with E-state index in [0.29, 0.717) is 45.0 Å². The highest BCUT2D eigenvalue weighted by molar-refractivity contribution is 6.02. The highest BCUT2D eigenvalue weighted by Crippen LogP contribution is 2.38. The van der Waals surface area contributed by atoms with Crippen LogP contribution in [0.25, 0.3) is 33.4 Å². The van der Waals surface area contributed by atoms with Gasteiger partial charge in [-0.15, -0.1) is 0 Å². The maximum Gasteiger partial charge on any atom is 0.282 e. The van der Waals surface area contributed by atoms with Crippen molar-refractivity contribution in [3.8, 4) is 28.3 Å². The van der Waals surface area contributed by atoms with Gasteiger partial charge in [0.15, 0.2) is 5.82 Å². The quantitative estimate of drug-likeness (QED) is 0.281. The van der Waals surface area contributed by atoms with Crippen LogP contribution in [0.4, 0.5) is 5.82 Å². The van der Waals surface area contributed by atoms with Crippen LogP contribution in [0.15, 0.2) is 78.1 Å². The predicted octanol–water partition coefficient (Wildman–Crippen LogP) is 4.32. The van der Waals surface area contributed by atoms with Crippen LogP contribution in [-0.2, 0) is 0 Å². The SMILES string of the molecule is Cc1ccn2nc(C(C)Nc3ncnc4[nH]cc(-c5ccc(O)cc5O)c34)n(-c3ccccc3)c(=O)c12. The normalized spacial score (nSPS) is 12.3. The van der Waals surface area contributed by atoms with Crippen LogP contribution in [0.2, 0.25) is 0 Å². The minimum Gasteiger partial charge on any atom is -0.508 e. The van der Waals surface area contributed by atoms with E-state index < -0.39 is 6.04 Å². The van der Waals surface area contributed by atoms with Gasteiger partial charge in [0.25, 0.3) is 5.56 Å². The van der Waals surface area contributed by atoms with E-state index in [9.17, 15) is 15.0 Å². The molecule has 10 nitrogen and oxygen atoms in total. The van der Waals surface area contributed by atoms with Crippen LogP contribution in [0.5, 0.6) is 11.5 Å². The van der Waals surface area contributed by atoms with Crippen molar-refractivity contribution in [2.24, 2.45) is 0 Å². The van der Waals surface area contributed by atoms with Crippen molar-refractivity contribution in [1.29, 1.82) is 0 Å². The summed E-state index contributed by atoms with van der Waals surface area (Å²) >= 11 is 0. The molecule has 0 bridgehead atoms. The van der Waals surface area contributed by atoms with Gasteiger partial charge in [0.2, 0.25) is 0 Å². The lowest BCUT2D eigenvalue weighted by Crippen LogP contribution is -2.29. The Morgan fingerprint density at radius 2 is 1.84 bits per heavy atom. The maximum absolute atomic E-state index is 13.7. The first-order chi connectivity index (χ1) is 17.9. The van der Waals surface area contributed by atoms with Crippen molar-refractivity contribution < 1.29 is 10.2 Å². The Hall–Kier alpha value is -5.12. The Balaban J connectivity index is 1.50. The Bertz CT molecular complexity index is 1840. The van der Waals surface area contributed by atoms with Gasteiger partial charge in [0.1, 0.15) is 34.8 Å². The standard InChI is InChI=1S/C27H23N7O3/c1-15-10-11-33-23(15)27(37)34(17-6-4-3-5-7-17)26(32-33)16(2)31-25-22-20(13-28-24(22)29-14-30-25)19-9-8-18(35)12-21(19)36/h3-14,16,35-36H,1-2H3,(H2,28,29,30,31). The summed E-state index contributed by atoms with van der Waals surface area (Å²) in [5, 5.41) is 29.1. The third kappa shape index (κ3) is 3.66. The molecule has 37 heavy (non-hydrogen) atoms. The summed E-state index contributed by atoms with van der Waals surface area (Å²) in [6.45, 7) is 3.79. The van der Waals surface area contributed by atoms with Gasteiger partial charge in [-0.25, -0.2) is 14.5 Å². The molecule has 10 heteroatoms. The molecule has 184 valence electrons. The average Bonchev–Trinajstić information content (AvgIpc) is 3.49. The summed E-state index contributed by atoms with van der Waals surface area (Å²) in [6.07, 6.45) is 4.94. The minimum atomic E-state index is -0.450. The molecule has 0 saturated heterocycles. The molecule has 1 atom stereocenters. The fourth-order valence-electron chi connectivity index (χ4n) is 4.64. The zero-order valence-corrected chi connectivity index (χ0v) is 20.0. The number of hydrogen-bond acceptors (Lipinski definition) is 7. The lowest BCUT2D eigenvalue weighted by atomic mass is 10.0. The lowest BCUT2D eigenvalue weighted by Gasteiger charge is -2.20. The number of hydrogen-bond donors (Lipinski definition) is 4. The molecule has 0 saturated carbocycles. The molecular weight excluding hydrogens is 470 g/mol. The van der Waals surface area contributed by atoms with Crippen LogP contribution in [0.3, 0.4) is 0 Å². The van der Waals surface area contributed by atoms with Gasteiger partial charge in [0.05, 0.1) is 17.1 Å². The van der Waals surface area contributed by atoms with Crippen molar-refractivity contribution in [3.63, 3.8) is 0 Å². The number of fused-ring (bicyclic) bond motifs is 2. The first-order valence-corrected chi connectivity index (χ1v) is 11.7. The molecule has 2 aromatic carbocycles. The predicted molar refractivity (Wildman–Crippen MR) is 140 cm³/mol. The minimum absolute atomic E-state index is 0.0371. The molecule has 0 fully saturated rings. The molecule has 0 radical (unpaired) electrons. The third-order valence-electron chi connectivity index (χ3n) is 6.41. The van der Waals surface area contributed by atoms with Gasteiger partial charge in [0, 0.05) is 29.6 Å². The number of aromatic hydroxyl groups is 2. The zero-order chi connectivity index (χ0) is 25.7. The highest BCUT2D eigenvalue weighted by atomic mass is 16.3. The summed E-state index contributed by atoms with van der Waals surface area (Å²) in [5.74, 6) is 0.885. The van der Waals surface area contributed by atoms with Crippen LogP contribution in [0, 0.1) is 6.92 Å². The molecule has 0 aliphatic heterocycles. The Morgan fingerprint density at radius 3 is 2.62 bits per heavy atom. The van der Waals surface area contributed by atoms with Gasteiger partial charge < -0.3 is 20.5 Å². The molecule has 0 aliphatic rings. The van der Waals surface area contributed by atoms with Gasteiger partial charge in [-0.2, -0.15) is 5.10 Å². The van der Waals surface area contributed by atoms with E-state index in [1.54, 1.807) is 27.5 Å². The van der Waals surface area contributed by atoms with Crippen molar-refractivity contribution in [1.82, 2.24) is 29.1 Å². The summed E-state index contributed by atoms with van der Waals surface area (Å²) in [5.41, 5.74) is 3.63. The monoisotopic (exact) mass is 493 g/mol. The summed E-state index contributed by atoms with van der Waals surface area (Å²) < 4.78 is 3.22. The van der Waals surface area contributed by atoms with E-state index >= 15 is 0 Å². The lowest BCUT2D eigenvalue weighted by molar-refractivity contribution is 0.452. The highest BCUT2D eigenvalue weighted by Gasteiger charge is 2.22. The first kappa shape index (κ1) is 22.4. The molecule has 4 aromatic heterocycles. The number of H-pyrrole nitrogens is 1. The zero-order valence-electron chi connectivity index (χ0n) is 20.0. The van der Waals surface area contributed by atoms with E-state index in [1.165, 1.54) is 18.5 Å². The molecule has 6 rings (SSSR count). The van der Waals surface area contributed by atoms with Gasteiger partial charge in [-0.1, -0.05) is 18.2 Å². The molecular formula is C27H23N7O3. The number of benzene rings is 2. The number of aromatic amines is 1. The number of phenolic OH excluding ortho intramolecular Hbond substituents is 2. The number of phenols is 2. The van der Waals surface area contributed by atoms with E-state index in [-0.39, 0.29) is 17.1 Å². The molecule has 1 unspecified atom stereocenters. The number of aryl methyl sites for hydroxylation is 1. The van der Waals surface area contributed by atoms with Crippen LogP contribution in [-0.4, -0.2) is 39.3 Å². The number of rotatable bonds is 5. The van der Waals surface area contributed by atoms with Crippen molar-refractivity contribution in [2.45, 2.75) is 19.9 Å². The second-order valence-electron chi connectivity index (χ2n) is 8.84. The Labute approximate surface area is 210 Å². The number of aromatic nitrogens is 6. The van der Waals surface area contributed by atoms with E-state index in [4.69, 9.17) is 5.10 Å². The van der Waals surface area contributed by atoms with Gasteiger partial charge >= 0.3 is 0 Å². The second-order valence-corrected chi connectivity index (χ2v) is 8.84. The maximum atomic E-state index is 13.7. The largest absolute Gasteiger partial charge is 0.508 e. The summed E-state index contributed by atoms with van der Waals surface area (Å²) in [4.78, 5) is 25.6. The molecule has 4 N–H and O–H groups in total. The molecule has 0 spiro atoms. The first-order valence-electron chi connectivity index (χ1n) is 11.7. The molecule has 0 aliphatic carbocycles. The number of nitrogens with one attached hydrogen (secondary N) is 2. The van der Waals surface area contributed by atoms with E-state index in [1.807, 2.05) is 50.2 Å².